The number of alkyl halides is 1. The second-order valence-corrected chi connectivity index (χ2v) is 7.79. The number of sulfonamides is 1. The molecule has 1 aromatic carbocycles. The van der Waals surface area contributed by atoms with Crippen molar-refractivity contribution in [1.82, 2.24) is 4.31 Å². The van der Waals surface area contributed by atoms with E-state index in [1.54, 1.807) is 0 Å². The van der Waals surface area contributed by atoms with Gasteiger partial charge in [0.05, 0.1) is 4.90 Å². The van der Waals surface area contributed by atoms with E-state index < -0.39 is 15.8 Å². The minimum Gasteiger partial charge on any atom is -0.207 e. The van der Waals surface area contributed by atoms with Crippen molar-refractivity contribution in [3.63, 3.8) is 0 Å². The van der Waals surface area contributed by atoms with E-state index in [1.165, 1.54) is 41.7 Å². The van der Waals surface area contributed by atoms with Crippen LogP contribution in [0.5, 0.6) is 0 Å². The van der Waals surface area contributed by atoms with Gasteiger partial charge < -0.3 is 0 Å². The predicted molar refractivity (Wildman–Crippen MR) is 83.7 cm³/mol. The number of nitrogens with zero attached hydrogens (tertiary/aromatic N) is 1. The highest BCUT2D eigenvalue weighted by Gasteiger charge is 2.25. The molecule has 0 aliphatic rings. The minimum absolute atomic E-state index is 0.0316. The van der Waals surface area contributed by atoms with E-state index in [0.29, 0.717) is 5.56 Å². The molecule has 0 saturated carbocycles. The van der Waals surface area contributed by atoms with Gasteiger partial charge in [0, 0.05) is 25.0 Å². The fraction of sp³-hybridized carbons (Fsp3) is 0.286. The van der Waals surface area contributed by atoms with Crippen LogP contribution in [0.15, 0.2) is 33.9 Å². The molecule has 2 aromatic rings. The average molecular weight is 348 g/mol. The molecular formula is C14H15ClFNO2S2. The standard InChI is InChI=1S/C14H15ClFNO2S2/c1-10-13(16)5-12(7-15)6-14(10)21(18,19)17(2)8-11-3-4-20-9-11/h3-6,9H,7-8H2,1-2H3. The van der Waals surface area contributed by atoms with Crippen molar-refractivity contribution in [1.29, 1.82) is 0 Å². The van der Waals surface area contributed by atoms with E-state index in [1.807, 2.05) is 16.8 Å². The summed E-state index contributed by atoms with van der Waals surface area (Å²) in [7, 11) is -2.28. The summed E-state index contributed by atoms with van der Waals surface area (Å²) in [6.07, 6.45) is 0. The average Bonchev–Trinajstić information content (AvgIpc) is 2.94. The lowest BCUT2D eigenvalue weighted by Crippen LogP contribution is -2.27. The highest BCUT2D eigenvalue weighted by atomic mass is 35.5. The van der Waals surface area contributed by atoms with Gasteiger partial charge in [-0.15, -0.1) is 11.6 Å². The Morgan fingerprint density at radius 1 is 1.33 bits per heavy atom. The van der Waals surface area contributed by atoms with Crippen LogP contribution in [-0.4, -0.2) is 19.8 Å². The molecule has 0 N–H and O–H groups in total. The van der Waals surface area contributed by atoms with Gasteiger partial charge in [-0.05, 0) is 47.0 Å². The second kappa shape index (κ2) is 6.44. The third-order valence-electron chi connectivity index (χ3n) is 3.18. The number of halogens is 2. The Morgan fingerprint density at radius 2 is 2.05 bits per heavy atom. The molecule has 0 saturated heterocycles. The van der Waals surface area contributed by atoms with Gasteiger partial charge in [0.25, 0.3) is 0 Å². The molecule has 0 aliphatic heterocycles. The van der Waals surface area contributed by atoms with E-state index in [-0.39, 0.29) is 22.9 Å². The van der Waals surface area contributed by atoms with Crippen LogP contribution in [0.4, 0.5) is 4.39 Å². The third-order valence-corrected chi connectivity index (χ3v) is 6.15. The number of thiophene rings is 1. The van der Waals surface area contributed by atoms with Crippen LogP contribution in [0.1, 0.15) is 16.7 Å². The molecule has 0 amide bonds. The summed E-state index contributed by atoms with van der Waals surface area (Å²) in [6.45, 7) is 1.71. The first kappa shape index (κ1) is 16.4. The molecule has 0 spiro atoms. The normalized spacial score (nSPS) is 12.0. The zero-order valence-corrected chi connectivity index (χ0v) is 14.0. The number of hydrogen-bond donors (Lipinski definition) is 0. The SMILES string of the molecule is Cc1c(F)cc(CCl)cc1S(=O)(=O)N(C)Cc1ccsc1. The Balaban J connectivity index is 2.41. The minimum atomic E-state index is -3.76. The van der Waals surface area contributed by atoms with Gasteiger partial charge in [0.1, 0.15) is 5.82 Å². The summed E-state index contributed by atoms with van der Waals surface area (Å²) in [4.78, 5) is -0.0316. The number of hydrogen-bond acceptors (Lipinski definition) is 3. The largest absolute Gasteiger partial charge is 0.243 e. The van der Waals surface area contributed by atoms with Crippen molar-refractivity contribution in [3.05, 3.63) is 51.5 Å². The molecule has 0 atom stereocenters. The lowest BCUT2D eigenvalue weighted by atomic mass is 10.1. The van der Waals surface area contributed by atoms with Gasteiger partial charge >= 0.3 is 0 Å². The summed E-state index contributed by atoms with van der Waals surface area (Å²) in [6, 6.07) is 4.56. The van der Waals surface area contributed by atoms with Crippen molar-refractivity contribution in [3.8, 4) is 0 Å². The maximum Gasteiger partial charge on any atom is 0.243 e. The van der Waals surface area contributed by atoms with Gasteiger partial charge in [-0.3, -0.25) is 0 Å². The summed E-state index contributed by atoms with van der Waals surface area (Å²) in [5, 5.41) is 3.77. The van der Waals surface area contributed by atoms with E-state index >= 15 is 0 Å². The topological polar surface area (TPSA) is 37.4 Å². The van der Waals surface area contributed by atoms with Crippen molar-refractivity contribution >= 4 is 33.0 Å². The molecular weight excluding hydrogens is 333 g/mol. The number of benzene rings is 1. The molecule has 1 aromatic heterocycles. The molecule has 0 unspecified atom stereocenters. The molecule has 1 heterocycles. The highest BCUT2D eigenvalue weighted by Crippen LogP contribution is 2.25. The van der Waals surface area contributed by atoms with E-state index in [0.717, 1.165) is 5.56 Å². The third kappa shape index (κ3) is 3.45. The summed E-state index contributed by atoms with van der Waals surface area (Å²) < 4.78 is 40.3. The summed E-state index contributed by atoms with van der Waals surface area (Å²) >= 11 is 7.20. The van der Waals surface area contributed by atoms with Crippen molar-refractivity contribution in [2.45, 2.75) is 24.2 Å². The van der Waals surface area contributed by atoms with Gasteiger partial charge in [0.2, 0.25) is 10.0 Å². The predicted octanol–water partition coefficient (Wildman–Crippen LogP) is 3.76. The lowest BCUT2D eigenvalue weighted by Gasteiger charge is -2.19. The first-order chi connectivity index (χ1) is 9.86. The zero-order chi connectivity index (χ0) is 15.6. The molecule has 114 valence electrons. The Labute approximate surface area is 133 Å². The van der Waals surface area contributed by atoms with E-state index in [2.05, 4.69) is 0 Å². The maximum atomic E-state index is 13.9. The molecule has 21 heavy (non-hydrogen) atoms. The Hall–Kier alpha value is -0.950. The van der Waals surface area contributed by atoms with Crippen LogP contribution in [0, 0.1) is 12.7 Å². The molecule has 0 radical (unpaired) electrons. The van der Waals surface area contributed by atoms with Gasteiger partial charge in [-0.2, -0.15) is 15.6 Å². The molecule has 0 bridgehead atoms. The van der Waals surface area contributed by atoms with Crippen LogP contribution in [0.2, 0.25) is 0 Å². The van der Waals surface area contributed by atoms with Crippen molar-refractivity contribution in [2.24, 2.45) is 0 Å². The second-order valence-electron chi connectivity index (χ2n) is 4.73. The fourth-order valence-corrected chi connectivity index (χ4v) is 4.20. The zero-order valence-electron chi connectivity index (χ0n) is 11.6. The Bertz CT molecular complexity index is 730. The maximum absolute atomic E-state index is 13.9. The van der Waals surface area contributed by atoms with Crippen LogP contribution in [-0.2, 0) is 22.4 Å². The van der Waals surface area contributed by atoms with Crippen LogP contribution in [0.3, 0.4) is 0 Å². The highest BCUT2D eigenvalue weighted by molar-refractivity contribution is 7.89. The van der Waals surface area contributed by atoms with Crippen LogP contribution >= 0.6 is 22.9 Å². The molecule has 3 nitrogen and oxygen atoms in total. The molecule has 0 fully saturated rings. The smallest absolute Gasteiger partial charge is 0.207 e. The van der Waals surface area contributed by atoms with Crippen molar-refractivity contribution < 1.29 is 12.8 Å². The first-order valence-electron chi connectivity index (χ1n) is 6.18. The van der Waals surface area contributed by atoms with E-state index in [4.69, 9.17) is 11.6 Å². The number of rotatable bonds is 5. The monoisotopic (exact) mass is 347 g/mol. The Kier molecular flexibility index (Phi) is 5.03. The van der Waals surface area contributed by atoms with E-state index in [9.17, 15) is 12.8 Å². The van der Waals surface area contributed by atoms with Crippen LogP contribution in [0.25, 0.3) is 0 Å². The molecule has 7 heteroatoms. The van der Waals surface area contributed by atoms with Gasteiger partial charge in [0.15, 0.2) is 0 Å². The van der Waals surface area contributed by atoms with Gasteiger partial charge in [-0.25, -0.2) is 12.8 Å². The Morgan fingerprint density at radius 3 is 2.62 bits per heavy atom. The quantitative estimate of drug-likeness (QED) is 0.772. The molecule has 2 rings (SSSR count). The molecule has 0 aliphatic carbocycles. The lowest BCUT2D eigenvalue weighted by molar-refractivity contribution is 0.465. The van der Waals surface area contributed by atoms with Gasteiger partial charge in [-0.1, -0.05) is 0 Å². The van der Waals surface area contributed by atoms with Crippen molar-refractivity contribution in [2.75, 3.05) is 7.05 Å². The first-order valence-corrected chi connectivity index (χ1v) is 9.10. The van der Waals surface area contributed by atoms with Crippen LogP contribution < -0.4 is 0 Å². The summed E-state index contributed by atoms with van der Waals surface area (Å²) in [5.41, 5.74) is 1.46. The summed E-state index contributed by atoms with van der Waals surface area (Å²) in [5.74, 6) is -0.496. The fourth-order valence-electron chi connectivity index (χ4n) is 1.94.